The van der Waals surface area contributed by atoms with Gasteiger partial charge in [0.15, 0.2) is 5.96 Å². The van der Waals surface area contributed by atoms with E-state index in [9.17, 15) is 18.0 Å². The molecule has 0 saturated heterocycles. The summed E-state index contributed by atoms with van der Waals surface area (Å²) in [5.41, 5.74) is 1.85. The summed E-state index contributed by atoms with van der Waals surface area (Å²) < 4.78 is 43.3. The minimum absolute atomic E-state index is 0.176. The summed E-state index contributed by atoms with van der Waals surface area (Å²) in [7, 11) is 1.66. The Morgan fingerprint density at radius 1 is 1.03 bits per heavy atom. The minimum Gasteiger partial charge on any atom is -0.493 e. The molecule has 0 unspecified atom stereocenters. The van der Waals surface area contributed by atoms with Crippen molar-refractivity contribution in [2.75, 3.05) is 33.3 Å². The molecule has 3 rings (SSSR count). The van der Waals surface area contributed by atoms with Crippen molar-refractivity contribution in [1.29, 1.82) is 0 Å². The third-order valence-corrected chi connectivity index (χ3v) is 4.86. The van der Waals surface area contributed by atoms with Crippen LogP contribution in [-0.4, -0.2) is 45.2 Å². The molecule has 0 atom stereocenters. The van der Waals surface area contributed by atoms with E-state index in [2.05, 4.69) is 33.1 Å². The lowest BCUT2D eigenvalue weighted by atomic mass is 10.1. The number of alkyl halides is 3. The molecule has 0 aliphatic carbocycles. The third-order valence-electron chi connectivity index (χ3n) is 4.86. The molecule has 3 N–H and O–H groups in total. The Hall–Kier alpha value is -3.23. The monoisotopic (exact) mass is 434 g/mol. The highest BCUT2D eigenvalue weighted by Crippen LogP contribution is 2.29. The number of fused-ring (bicyclic) bond motifs is 1. The number of hydrogen-bond donors (Lipinski definition) is 3. The zero-order valence-electron chi connectivity index (χ0n) is 17.2. The van der Waals surface area contributed by atoms with Crippen molar-refractivity contribution in [3.05, 3.63) is 64.7 Å². The molecule has 0 aromatic heterocycles. The van der Waals surface area contributed by atoms with Gasteiger partial charge in [-0.25, -0.2) is 0 Å². The van der Waals surface area contributed by atoms with Gasteiger partial charge in [-0.3, -0.25) is 9.79 Å². The lowest BCUT2D eigenvalue weighted by molar-refractivity contribution is -0.137. The fourth-order valence-corrected chi connectivity index (χ4v) is 3.21. The topological polar surface area (TPSA) is 74.8 Å². The smallest absolute Gasteiger partial charge is 0.416 e. The highest BCUT2D eigenvalue weighted by Gasteiger charge is 2.30. The predicted octanol–water partition coefficient (Wildman–Crippen LogP) is 2.78. The van der Waals surface area contributed by atoms with Crippen LogP contribution in [0.1, 0.15) is 27.0 Å². The van der Waals surface area contributed by atoms with Crippen LogP contribution < -0.4 is 20.7 Å². The summed E-state index contributed by atoms with van der Waals surface area (Å²) in [6.45, 7) is 2.15. The highest BCUT2D eigenvalue weighted by molar-refractivity contribution is 5.94. The van der Waals surface area contributed by atoms with E-state index in [1.165, 1.54) is 11.1 Å². The van der Waals surface area contributed by atoms with Gasteiger partial charge in [0.2, 0.25) is 0 Å². The van der Waals surface area contributed by atoms with E-state index in [0.717, 1.165) is 49.5 Å². The van der Waals surface area contributed by atoms with E-state index >= 15 is 0 Å². The molecule has 0 radical (unpaired) electrons. The maximum absolute atomic E-state index is 12.6. The molecule has 166 valence electrons. The lowest BCUT2D eigenvalue weighted by Gasteiger charge is -2.13. The summed E-state index contributed by atoms with van der Waals surface area (Å²) >= 11 is 0. The van der Waals surface area contributed by atoms with Crippen LogP contribution in [0, 0.1) is 0 Å². The number of carbonyl (C=O) groups is 1. The number of guanidine groups is 1. The zero-order valence-corrected chi connectivity index (χ0v) is 17.2. The van der Waals surface area contributed by atoms with Gasteiger partial charge in [-0.1, -0.05) is 12.1 Å². The first-order chi connectivity index (χ1) is 14.9. The van der Waals surface area contributed by atoms with Gasteiger partial charge in [-0.2, -0.15) is 13.2 Å². The summed E-state index contributed by atoms with van der Waals surface area (Å²) in [6.07, 6.45) is -2.65. The molecular formula is C22H25F3N4O2. The Morgan fingerprint density at radius 2 is 1.74 bits per heavy atom. The van der Waals surface area contributed by atoms with Gasteiger partial charge in [-0.05, 0) is 47.9 Å². The van der Waals surface area contributed by atoms with Crippen molar-refractivity contribution in [1.82, 2.24) is 16.0 Å². The zero-order chi connectivity index (χ0) is 22.3. The number of ether oxygens (including phenoxy) is 1. The van der Waals surface area contributed by atoms with E-state index < -0.39 is 17.6 Å². The first-order valence-electron chi connectivity index (χ1n) is 10.0. The van der Waals surface area contributed by atoms with Gasteiger partial charge < -0.3 is 20.7 Å². The van der Waals surface area contributed by atoms with E-state index in [4.69, 9.17) is 4.74 Å². The van der Waals surface area contributed by atoms with Crippen LogP contribution in [-0.2, 0) is 19.0 Å². The first kappa shape index (κ1) is 22.5. The van der Waals surface area contributed by atoms with Gasteiger partial charge in [-0.15, -0.1) is 0 Å². The second-order valence-electron chi connectivity index (χ2n) is 7.05. The van der Waals surface area contributed by atoms with Crippen LogP contribution in [0.5, 0.6) is 5.75 Å². The van der Waals surface area contributed by atoms with Crippen molar-refractivity contribution in [3.63, 3.8) is 0 Å². The standard InChI is InChI=1S/C22H25F3N4O2/c1-26-21(28-10-8-15-2-7-19-17(14-15)9-13-31-19)29-12-11-27-20(30)16-3-5-18(6-4-16)22(23,24)25/h2-7,14H,8-13H2,1H3,(H,27,30)(H2,26,28,29). The van der Waals surface area contributed by atoms with Crippen molar-refractivity contribution in [2.24, 2.45) is 4.99 Å². The number of hydrogen-bond acceptors (Lipinski definition) is 3. The lowest BCUT2D eigenvalue weighted by Crippen LogP contribution is -2.42. The molecule has 0 bridgehead atoms. The predicted molar refractivity (Wildman–Crippen MR) is 112 cm³/mol. The maximum atomic E-state index is 12.6. The van der Waals surface area contributed by atoms with Crippen LogP contribution in [0.15, 0.2) is 47.5 Å². The van der Waals surface area contributed by atoms with E-state index in [0.29, 0.717) is 25.6 Å². The molecule has 2 aromatic carbocycles. The molecule has 6 nitrogen and oxygen atoms in total. The summed E-state index contributed by atoms with van der Waals surface area (Å²) in [6, 6.07) is 10.3. The van der Waals surface area contributed by atoms with Crippen molar-refractivity contribution >= 4 is 11.9 Å². The van der Waals surface area contributed by atoms with Crippen molar-refractivity contribution in [3.8, 4) is 5.75 Å². The number of benzene rings is 2. The average molecular weight is 434 g/mol. The molecule has 1 heterocycles. The van der Waals surface area contributed by atoms with Gasteiger partial charge in [0.1, 0.15) is 5.75 Å². The van der Waals surface area contributed by atoms with Crippen LogP contribution in [0.3, 0.4) is 0 Å². The molecule has 9 heteroatoms. The Morgan fingerprint density at radius 3 is 2.45 bits per heavy atom. The molecule has 1 amide bonds. The number of nitrogens with zero attached hydrogens (tertiary/aromatic N) is 1. The minimum atomic E-state index is -4.42. The number of halogens is 3. The van der Waals surface area contributed by atoms with Gasteiger partial charge in [0.05, 0.1) is 12.2 Å². The van der Waals surface area contributed by atoms with Crippen molar-refractivity contribution < 1.29 is 22.7 Å². The quantitative estimate of drug-likeness (QED) is 0.356. The molecule has 0 spiro atoms. The SMILES string of the molecule is CN=C(NCCNC(=O)c1ccc(C(F)(F)F)cc1)NCCc1ccc2c(c1)CCO2. The van der Waals surface area contributed by atoms with E-state index in [1.54, 1.807) is 7.05 Å². The number of amides is 1. The number of carbonyl (C=O) groups excluding carboxylic acids is 1. The number of rotatable bonds is 7. The normalized spacial score (nSPS) is 13.4. The summed E-state index contributed by atoms with van der Waals surface area (Å²) in [5.74, 6) is 1.14. The summed E-state index contributed by atoms with van der Waals surface area (Å²) in [5, 5.41) is 8.97. The molecule has 1 aliphatic heterocycles. The fraction of sp³-hybridized carbons (Fsp3) is 0.364. The molecular weight excluding hydrogens is 409 g/mol. The van der Waals surface area contributed by atoms with Crippen LogP contribution >= 0.6 is 0 Å². The van der Waals surface area contributed by atoms with Crippen LogP contribution in [0.25, 0.3) is 0 Å². The second-order valence-corrected chi connectivity index (χ2v) is 7.05. The van der Waals surface area contributed by atoms with Gasteiger partial charge in [0.25, 0.3) is 5.91 Å². The van der Waals surface area contributed by atoms with Crippen LogP contribution in [0.2, 0.25) is 0 Å². The molecule has 31 heavy (non-hydrogen) atoms. The number of aliphatic imine (C=N–C) groups is 1. The molecule has 0 fully saturated rings. The Kier molecular flexibility index (Phi) is 7.38. The molecule has 1 aliphatic rings. The van der Waals surface area contributed by atoms with E-state index in [1.807, 2.05) is 6.07 Å². The Balaban J connectivity index is 1.35. The van der Waals surface area contributed by atoms with Crippen LogP contribution in [0.4, 0.5) is 13.2 Å². The summed E-state index contributed by atoms with van der Waals surface area (Å²) in [4.78, 5) is 16.2. The molecule has 2 aromatic rings. The van der Waals surface area contributed by atoms with Gasteiger partial charge in [0, 0.05) is 38.7 Å². The fourth-order valence-electron chi connectivity index (χ4n) is 3.21. The second kappa shape index (κ2) is 10.2. The van der Waals surface area contributed by atoms with E-state index in [-0.39, 0.29) is 5.56 Å². The Labute approximate surface area is 178 Å². The third kappa shape index (κ3) is 6.37. The highest BCUT2D eigenvalue weighted by atomic mass is 19.4. The van der Waals surface area contributed by atoms with Gasteiger partial charge >= 0.3 is 6.18 Å². The maximum Gasteiger partial charge on any atom is 0.416 e. The Bertz CT molecular complexity index is 927. The number of nitrogens with one attached hydrogen (secondary N) is 3. The molecule has 0 saturated carbocycles. The largest absolute Gasteiger partial charge is 0.493 e. The van der Waals surface area contributed by atoms with Crippen molar-refractivity contribution in [2.45, 2.75) is 19.0 Å². The average Bonchev–Trinajstić information content (AvgIpc) is 3.22. The first-order valence-corrected chi connectivity index (χ1v) is 10.0.